The van der Waals surface area contributed by atoms with Gasteiger partial charge in [0.25, 0.3) is 0 Å². The second-order valence-electron chi connectivity index (χ2n) is 5.21. The summed E-state index contributed by atoms with van der Waals surface area (Å²) >= 11 is 0. The molecular formula is C12H20N2O2. The van der Waals surface area contributed by atoms with Gasteiger partial charge in [-0.1, -0.05) is 13.8 Å². The SMILES string of the molecule is CC(C)CN1CC(=O)N2CCCCC2C1=O. The Bertz CT molecular complexity index is 301. The first-order valence-electron chi connectivity index (χ1n) is 6.18. The Morgan fingerprint density at radius 3 is 2.75 bits per heavy atom. The highest BCUT2D eigenvalue weighted by Gasteiger charge is 2.40. The molecule has 2 amide bonds. The van der Waals surface area contributed by atoms with Gasteiger partial charge < -0.3 is 9.80 Å². The maximum Gasteiger partial charge on any atom is 0.245 e. The van der Waals surface area contributed by atoms with E-state index in [0.717, 1.165) is 25.8 Å². The number of amides is 2. The van der Waals surface area contributed by atoms with Gasteiger partial charge in [0.1, 0.15) is 6.04 Å². The van der Waals surface area contributed by atoms with Crippen LogP contribution < -0.4 is 0 Å². The lowest BCUT2D eigenvalue weighted by atomic mass is 9.98. The minimum Gasteiger partial charge on any atom is -0.331 e. The molecule has 4 nitrogen and oxygen atoms in total. The molecule has 1 unspecified atom stereocenters. The lowest BCUT2D eigenvalue weighted by molar-refractivity contribution is -0.158. The Morgan fingerprint density at radius 1 is 1.31 bits per heavy atom. The van der Waals surface area contributed by atoms with Gasteiger partial charge in [0.05, 0.1) is 6.54 Å². The van der Waals surface area contributed by atoms with Crippen LogP contribution >= 0.6 is 0 Å². The number of piperazine rings is 1. The average Bonchev–Trinajstić information content (AvgIpc) is 2.25. The molecule has 0 saturated carbocycles. The molecule has 0 aromatic rings. The molecule has 0 aliphatic carbocycles. The number of hydrogen-bond acceptors (Lipinski definition) is 2. The van der Waals surface area contributed by atoms with Crippen LogP contribution in [0.3, 0.4) is 0 Å². The van der Waals surface area contributed by atoms with E-state index in [9.17, 15) is 9.59 Å². The van der Waals surface area contributed by atoms with E-state index in [1.165, 1.54) is 0 Å². The predicted octanol–water partition coefficient (Wildman–Crippen LogP) is 0.866. The van der Waals surface area contributed by atoms with Gasteiger partial charge in [0.15, 0.2) is 0 Å². The average molecular weight is 224 g/mol. The lowest BCUT2D eigenvalue weighted by Gasteiger charge is -2.43. The van der Waals surface area contributed by atoms with Crippen molar-refractivity contribution in [1.82, 2.24) is 9.80 Å². The van der Waals surface area contributed by atoms with Crippen molar-refractivity contribution in [3.63, 3.8) is 0 Å². The van der Waals surface area contributed by atoms with Crippen molar-refractivity contribution in [3.8, 4) is 0 Å². The van der Waals surface area contributed by atoms with Crippen LogP contribution in [0.1, 0.15) is 33.1 Å². The molecule has 16 heavy (non-hydrogen) atoms. The van der Waals surface area contributed by atoms with E-state index >= 15 is 0 Å². The van der Waals surface area contributed by atoms with Crippen molar-refractivity contribution in [3.05, 3.63) is 0 Å². The zero-order valence-corrected chi connectivity index (χ0v) is 10.1. The van der Waals surface area contributed by atoms with Gasteiger partial charge in [-0.2, -0.15) is 0 Å². The van der Waals surface area contributed by atoms with E-state index in [1.807, 2.05) is 0 Å². The summed E-state index contributed by atoms with van der Waals surface area (Å²) in [6.07, 6.45) is 2.95. The molecule has 0 bridgehead atoms. The Kier molecular flexibility index (Phi) is 3.17. The van der Waals surface area contributed by atoms with Crippen LogP contribution in [0, 0.1) is 5.92 Å². The van der Waals surface area contributed by atoms with Crippen LogP contribution in [0.25, 0.3) is 0 Å². The molecule has 0 N–H and O–H groups in total. The van der Waals surface area contributed by atoms with Crippen molar-refractivity contribution >= 4 is 11.8 Å². The van der Waals surface area contributed by atoms with Gasteiger partial charge in [-0.3, -0.25) is 9.59 Å². The molecule has 0 radical (unpaired) electrons. The summed E-state index contributed by atoms with van der Waals surface area (Å²) < 4.78 is 0. The second-order valence-corrected chi connectivity index (χ2v) is 5.21. The molecule has 0 aromatic carbocycles. The number of nitrogens with zero attached hydrogens (tertiary/aromatic N) is 2. The second kappa shape index (κ2) is 4.44. The largest absolute Gasteiger partial charge is 0.331 e. The Labute approximate surface area is 96.6 Å². The summed E-state index contributed by atoms with van der Waals surface area (Å²) in [7, 11) is 0. The third-order valence-corrected chi connectivity index (χ3v) is 3.33. The maximum absolute atomic E-state index is 12.2. The molecule has 0 aromatic heterocycles. The van der Waals surface area contributed by atoms with Crippen LogP contribution in [0.15, 0.2) is 0 Å². The summed E-state index contributed by atoms with van der Waals surface area (Å²) in [6.45, 7) is 5.91. The Hall–Kier alpha value is -1.06. The summed E-state index contributed by atoms with van der Waals surface area (Å²) in [5.41, 5.74) is 0. The van der Waals surface area contributed by atoms with E-state index in [1.54, 1.807) is 9.80 Å². The predicted molar refractivity (Wildman–Crippen MR) is 60.8 cm³/mol. The third kappa shape index (κ3) is 2.06. The zero-order chi connectivity index (χ0) is 11.7. The molecule has 4 heteroatoms. The van der Waals surface area contributed by atoms with Crippen molar-refractivity contribution in [2.24, 2.45) is 5.92 Å². The van der Waals surface area contributed by atoms with Crippen molar-refractivity contribution in [2.75, 3.05) is 19.6 Å². The van der Waals surface area contributed by atoms with E-state index in [-0.39, 0.29) is 24.4 Å². The fourth-order valence-electron chi connectivity index (χ4n) is 2.62. The molecule has 2 aliphatic rings. The molecule has 2 rings (SSSR count). The van der Waals surface area contributed by atoms with Gasteiger partial charge >= 0.3 is 0 Å². The fourth-order valence-corrected chi connectivity index (χ4v) is 2.62. The molecule has 90 valence electrons. The topological polar surface area (TPSA) is 40.6 Å². The summed E-state index contributed by atoms with van der Waals surface area (Å²) in [6, 6.07) is -0.159. The minimum atomic E-state index is -0.159. The van der Waals surface area contributed by atoms with Crippen LogP contribution in [0.5, 0.6) is 0 Å². The van der Waals surface area contributed by atoms with E-state index in [4.69, 9.17) is 0 Å². The van der Waals surface area contributed by atoms with Crippen molar-refractivity contribution < 1.29 is 9.59 Å². The standard InChI is InChI=1S/C12H20N2O2/c1-9(2)7-13-8-11(15)14-6-4-3-5-10(14)12(13)16/h9-10H,3-8H2,1-2H3. The highest BCUT2D eigenvalue weighted by atomic mass is 16.2. The van der Waals surface area contributed by atoms with E-state index < -0.39 is 0 Å². The highest BCUT2D eigenvalue weighted by molar-refractivity contribution is 5.95. The van der Waals surface area contributed by atoms with Gasteiger partial charge in [-0.05, 0) is 25.2 Å². The summed E-state index contributed by atoms with van der Waals surface area (Å²) in [5.74, 6) is 0.713. The number of fused-ring (bicyclic) bond motifs is 1. The number of carbonyl (C=O) groups excluding carboxylic acids is 2. The molecule has 2 fully saturated rings. The lowest BCUT2D eigenvalue weighted by Crippen LogP contribution is -2.61. The smallest absolute Gasteiger partial charge is 0.245 e. The maximum atomic E-state index is 12.2. The van der Waals surface area contributed by atoms with Crippen LogP contribution in [0.2, 0.25) is 0 Å². The van der Waals surface area contributed by atoms with E-state index in [0.29, 0.717) is 12.5 Å². The molecule has 1 atom stereocenters. The molecule has 2 saturated heterocycles. The first-order valence-corrected chi connectivity index (χ1v) is 6.18. The number of hydrogen-bond donors (Lipinski definition) is 0. The minimum absolute atomic E-state index is 0.130. The van der Waals surface area contributed by atoms with Crippen LogP contribution in [0.4, 0.5) is 0 Å². The summed E-state index contributed by atoms with van der Waals surface area (Å²) in [4.78, 5) is 27.6. The van der Waals surface area contributed by atoms with Gasteiger partial charge in [-0.15, -0.1) is 0 Å². The molecule has 2 heterocycles. The summed E-state index contributed by atoms with van der Waals surface area (Å²) in [5, 5.41) is 0. The van der Waals surface area contributed by atoms with E-state index in [2.05, 4.69) is 13.8 Å². The molecule has 0 spiro atoms. The Balaban J connectivity index is 2.10. The van der Waals surface area contributed by atoms with Crippen LogP contribution in [-0.2, 0) is 9.59 Å². The first-order chi connectivity index (χ1) is 7.59. The van der Waals surface area contributed by atoms with Gasteiger partial charge in [0.2, 0.25) is 11.8 Å². The molecular weight excluding hydrogens is 204 g/mol. The zero-order valence-electron chi connectivity index (χ0n) is 10.1. The first kappa shape index (κ1) is 11.4. The van der Waals surface area contributed by atoms with Crippen molar-refractivity contribution in [1.29, 1.82) is 0 Å². The number of rotatable bonds is 2. The quantitative estimate of drug-likeness (QED) is 0.698. The van der Waals surface area contributed by atoms with Crippen LogP contribution in [-0.4, -0.2) is 47.3 Å². The van der Waals surface area contributed by atoms with Gasteiger partial charge in [-0.25, -0.2) is 0 Å². The number of piperidine rings is 1. The normalized spacial score (nSPS) is 26.3. The molecule has 2 aliphatic heterocycles. The van der Waals surface area contributed by atoms with Gasteiger partial charge in [0, 0.05) is 13.1 Å². The third-order valence-electron chi connectivity index (χ3n) is 3.33. The fraction of sp³-hybridized carbons (Fsp3) is 0.833. The monoisotopic (exact) mass is 224 g/mol. The highest BCUT2D eigenvalue weighted by Crippen LogP contribution is 2.23. The number of carbonyl (C=O) groups is 2. The van der Waals surface area contributed by atoms with Crippen molar-refractivity contribution in [2.45, 2.75) is 39.2 Å². The Morgan fingerprint density at radius 2 is 2.06 bits per heavy atom.